The molecule has 1 saturated heterocycles. The van der Waals surface area contributed by atoms with Crippen molar-refractivity contribution in [1.29, 1.82) is 0 Å². The molecule has 0 aromatic heterocycles. The van der Waals surface area contributed by atoms with Gasteiger partial charge >= 0.3 is 0 Å². The fourth-order valence-corrected chi connectivity index (χ4v) is 3.75. The Balaban J connectivity index is 1.91. The fraction of sp³-hybridized carbons (Fsp3) is 0.222. The molecule has 0 bridgehead atoms. The maximum Gasteiger partial charge on any atom is 0.240 e. The highest BCUT2D eigenvalue weighted by Gasteiger charge is 2.33. The molecule has 2 aromatic carbocycles. The van der Waals surface area contributed by atoms with Crippen molar-refractivity contribution in [3.63, 3.8) is 0 Å². The Morgan fingerprint density at radius 1 is 1.04 bits per heavy atom. The quantitative estimate of drug-likeness (QED) is 0.779. The van der Waals surface area contributed by atoms with Gasteiger partial charge in [0.05, 0.1) is 17.7 Å². The molecule has 0 aliphatic carbocycles. The van der Waals surface area contributed by atoms with Crippen LogP contribution in [-0.4, -0.2) is 27.3 Å². The minimum Gasteiger partial charge on any atom is -0.495 e. The number of benzene rings is 2. The summed E-state index contributed by atoms with van der Waals surface area (Å²) in [6.07, 6.45) is 0.205. The van der Waals surface area contributed by atoms with E-state index in [1.165, 1.54) is 25.3 Å². The summed E-state index contributed by atoms with van der Waals surface area (Å²) in [5.41, 5.74) is 0.956. The lowest BCUT2D eigenvalue weighted by Crippen LogP contribution is -2.29. The summed E-state index contributed by atoms with van der Waals surface area (Å²) in [7, 11) is -2.43. The van der Waals surface area contributed by atoms with Gasteiger partial charge in [0.2, 0.25) is 21.8 Å². The highest BCUT2D eigenvalue weighted by Crippen LogP contribution is 2.34. The van der Waals surface area contributed by atoms with Crippen LogP contribution in [0.15, 0.2) is 53.4 Å². The Morgan fingerprint density at radius 2 is 1.69 bits per heavy atom. The molecule has 8 heteroatoms. The Kier molecular flexibility index (Phi) is 5.06. The molecule has 0 atom stereocenters. The molecule has 136 valence electrons. The molecule has 1 heterocycles. The average molecular weight is 374 g/mol. The van der Waals surface area contributed by atoms with Crippen LogP contribution in [0.1, 0.15) is 18.4 Å². The number of carbonyl (C=O) groups excluding carboxylic acids is 2. The topological polar surface area (TPSA) is 92.8 Å². The van der Waals surface area contributed by atoms with Crippen LogP contribution in [0, 0.1) is 0 Å². The zero-order chi connectivity index (χ0) is 18.7. The largest absolute Gasteiger partial charge is 0.495 e. The van der Waals surface area contributed by atoms with E-state index in [9.17, 15) is 18.0 Å². The number of carbonyl (C=O) groups is 2. The molecule has 7 nitrogen and oxygen atoms in total. The fourth-order valence-electron chi connectivity index (χ4n) is 2.71. The van der Waals surface area contributed by atoms with Crippen LogP contribution < -0.4 is 14.4 Å². The van der Waals surface area contributed by atoms with E-state index in [2.05, 4.69) is 4.72 Å². The normalized spacial score (nSPS) is 14.7. The average Bonchev–Trinajstić information content (AvgIpc) is 2.98. The Bertz CT molecular complexity index is 925. The molecule has 3 rings (SSSR count). The molecule has 0 saturated carbocycles. The number of imide groups is 1. The van der Waals surface area contributed by atoms with E-state index in [1.54, 1.807) is 0 Å². The number of amides is 2. The lowest BCUT2D eigenvalue weighted by molar-refractivity contribution is -0.121. The third-order valence-electron chi connectivity index (χ3n) is 4.06. The second kappa shape index (κ2) is 7.27. The number of anilines is 1. The Morgan fingerprint density at radius 3 is 2.31 bits per heavy atom. The summed E-state index contributed by atoms with van der Waals surface area (Å²) in [6, 6.07) is 13.2. The molecule has 2 aromatic rings. The summed E-state index contributed by atoms with van der Waals surface area (Å²) in [5, 5.41) is 0. The molecule has 0 radical (unpaired) electrons. The first-order chi connectivity index (χ1) is 12.4. The SMILES string of the molecule is COc1ccc(S(=O)(=O)NCc2ccccc2)cc1N1C(=O)CCC1=O. The van der Waals surface area contributed by atoms with Crippen LogP contribution in [0.5, 0.6) is 5.75 Å². The van der Waals surface area contributed by atoms with Crippen molar-refractivity contribution in [2.75, 3.05) is 12.0 Å². The Labute approximate surface area is 151 Å². The molecule has 1 fully saturated rings. The van der Waals surface area contributed by atoms with E-state index in [-0.39, 0.29) is 47.5 Å². The van der Waals surface area contributed by atoms with Crippen molar-refractivity contribution in [3.8, 4) is 5.75 Å². The van der Waals surface area contributed by atoms with Crippen molar-refractivity contribution >= 4 is 27.5 Å². The molecular weight excluding hydrogens is 356 g/mol. The number of hydrogen-bond acceptors (Lipinski definition) is 5. The number of nitrogens with zero attached hydrogens (tertiary/aromatic N) is 1. The van der Waals surface area contributed by atoms with Crippen molar-refractivity contribution in [2.24, 2.45) is 0 Å². The molecule has 2 amide bonds. The monoisotopic (exact) mass is 374 g/mol. The van der Waals surface area contributed by atoms with Crippen LogP contribution in [-0.2, 0) is 26.2 Å². The van der Waals surface area contributed by atoms with Crippen LogP contribution in [0.4, 0.5) is 5.69 Å². The molecule has 1 aliphatic heterocycles. The van der Waals surface area contributed by atoms with E-state index in [0.29, 0.717) is 0 Å². The van der Waals surface area contributed by atoms with Crippen LogP contribution in [0.25, 0.3) is 0 Å². The lowest BCUT2D eigenvalue weighted by Gasteiger charge is -2.18. The van der Waals surface area contributed by atoms with Crippen molar-refractivity contribution in [2.45, 2.75) is 24.3 Å². The van der Waals surface area contributed by atoms with Crippen LogP contribution >= 0.6 is 0 Å². The van der Waals surface area contributed by atoms with Gasteiger partial charge in [-0.2, -0.15) is 0 Å². The summed E-state index contributed by atoms with van der Waals surface area (Å²) < 4.78 is 32.9. The highest BCUT2D eigenvalue weighted by molar-refractivity contribution is 7.89. The van der Waals surface area contributed by atoms with Gasteiger partial charge in [-0.3, -0.25) is 9.59 Å². The van der Waals surface area contributed by atoms with Crippen LogP contribution in [0.2, 0.25) is 0 Å². The van der Waals surface area contributed by atoms with E-state index in [1.807, 2.05) is 30.3 Å². The second-order valence-electron chi connectivity index (χ2n) is 5.77. The molecule has 0 unspecified atom stereocenters. The van der Waals surface area contributed by atoms with Crippen molar-refractivity contribution < 1.29 is 22.7 Å². The molecule has 26 heavy (non-hydrogen) atoms. The van der Waals surface area contributed by atoms with E-state index < -0.39 is 10.0 Å². The van der Waals surface area contributed by atoms with Gasteiger partial charge in [0.1, 0.15) is 5.75 Å². The predicted molar refractivity (Wildman–Crippen MR) is 95.2 cm³/mol. The van der Waals surface area contributed by atoms with Gasteiger partial charge in [0.15, 0.2) is 0 Å². The summed E-state index contributed by atoms with van der Waals surface area (Å²) in [4.78, 5) is 25.0. The number of rotatable bonds is 6. The standard InChI is InChI=1S/C18H18N2O5S/c1-25-16-8-7-14(11-15(16)20-17(21)9-10-18(20)22)26(23,24)19-12-13-5-3-2-4-6-13/h2-8,11,19H,9-10,12H2,1H3. The summed E-state index contributed by atoms with van der Waals surface area (Å²) in [6.45, 7) is 0.131. The smallest absolute Gasteiger partial charge is 0.240 e. The number of sulfonamides is 1. The third kappa shape index (κ3) is 3.61. The second-order valence-corrected chi connectivity index (χ2v) is 7.53. The van der Waals surface area contributed by atoms with Gasteiger partial charge < -0.3 is 4.74 Å². The molecule has 0 spiro atoms. The number of ether oxygens (including phenoxy) is 1. The first kappa shape index (κ1) is 18.1. The van der Waals surface area contributed by atoms with E-state index in [0.717, 1.165) is 10.5 Å². The lowest BCUT2D eigenvalue weighted by atomic mass is 10.2. The Hall–Kier alpha value is -2.71. The minimum atomic E-state index is -3.83. The van der Waals surface area contributed by atoms with Gasteiger partial charge in [-0.25, -0.2) is 18.0 Å². The van der Waals surface area contributed by atoms with Crippen molar-refractivity contribution in [3.05, 3.63) is 54.1 Å². The van der Waals surface area contributed by atoms with Gasteiger partial charge in [-0.15, -0.1) is 0 Å². The first-order valence-corrected chi connectivity index (χ1v) is 9.48. The predicted octanol–water partition coefficient (Wildman–Crippen LogP) is 1.83. The minimum absolute atomic E-state index is 0.0447. The highest BCUT2D eigenvalue weighted by atomic mass is 32.2. The maximum atomic E-state index is 12.6. The number of methoxy groups -OCH3 is 1. The van der Waals surface area contributed by atoms with Gasteiger partial charge in [-0.05, 0) is 23.8 Å². The summed E-state index contributed by atoms with van der Waals surface area (Å²) >= 11 is 0. The maximum absolute atomic E-state index is 12.6. The number of nitrogens with one attached hydrogen (secondary N) is 1. The first-order valence-electron chi connectivity index (χ1n) is 8.00. The van der Waals surface area contributed by atoms with Gasteiger partial charge in [0, 0.05) is 19.4 Å². The van der Waals surface area contributed by atoms with Crippen LogP contribution in [0.3, 0.4) is 0 Å². The molecular formula is C18H18N2O5S. The van der Waals surface area contributed by atoms with E-state index in [4.69, 9.17) is 4.74 Å². The van der Waals surface area contributed by atoms with Gasteiger partial charge in [0.25, 0.3) is 0 Å². The zero-order valence-corrected chi connectivity index (χ0v) is 15.0. The molecule has 1 N–H and O–H groups in total. The van der Waals surface area contributed by atoms with Gasteiger partial charge in [-0.1, -0.05) is 30.3 Å². The zero-order valence-electron chi connectivity index (χ0n) is 14.1. The van der Waals surface area contributed by atoms with Crippen molar-refractivity contribution in [1.82, 2.24) is 4.72 Å². The summed E-state index contributed by atoms with van der Waals surface area (Å²) in [5.74, 6) is -0.490. The third-order valence-corrected chi connectivity index (χ3v) is 5.46. The number of hydrogen-bond donors (Lipinski definition) is 1. The molecule has 1 aliphatic rings. The van der Waals surface area contributed by atoms with E-state index >= 15 is 0 Å².